The van der Waals surface area contributed by atoms with Crippen molar-refractivity contribution in [2.45, 2.75) is 20.8 Å². The first-order valence-corrected chi connectivity index (χ1v) is 11.5. The third-order valence-corrected chi connectivity index (χ3v) is 6.42. The number of hydrogen-bond donors (Lipinski definition) is 1. The van der Waals surface area contributed by atoms with Crippen molar-refractivity contribution in [3.63, 3.8) is 0 Å². The molecule has 2 amide bonds. The van der Waals surface area contributed by atoms with E-state index < -0.39 is 17.5 Å². The van der Waals surface area contributed by atoms with Crippen molar-refractivity contribution in [1.29, 1.82) is 0 Å². The van der Waals surface area contributed by atoms with E-state index >= 15 is 0 Å². The number of hydrogen-bond acceptors (Lipinski definition) is 6. The normalized spacial score (nSPS) is 15.8. The second kappa shape index (κ2) is 9.24. The van der Waals surface area contributed by atoms with Gasteiger partial charge in [-0.15, -0.1) is 11.3 Å². The summed E-state index contributed by atoms with van der Waals surface area (Å²) in [6, 6.07) is 8.81. The fourth-order valence-electron chi connectivity index (χ4n) is 3.17. The Kier molecular flexibility index (Phi) is 6.39. The summed E-state index contributed by atoms with van der Waals surface area (Å²) in [6.07, 6.45) is 1.57. The number of aromatic nitrogens is 1. The van der Waals surface area contributed by atoms with Gasteiger partial charge in [0.1, 0.15) is 11.6 Å². The number of rotatable bonds is 4. The monoisotopic (exact) mass is 484 g/mol. The fourth-order valence-corrected chi connectivity index (χ4v) is 4.83. The van der Waals surface area contributed by atoms with Gasteiger partial charge in [0.25, 0.3) is 5.91 Å². The molecule has 0 aliphatic carbocycles. The Bertz CT molecular complexity index is 1330. The summed E-state index contributed by atoms with van der Waals surface area (Å²) in [5, 5.41) is 5.03. The summed E-state index contributed by atoms with van der Waals surface area (Å²) in [7, 11) is 0. The first-order chi connectivity index (χ1) is 15.7. The van der Waals surface area contributed by atoms with Crippen LogP contribution in [0.25, 0.3) is 6.08 Å². The van der Waals surface area contributed by atoms with E-state index in [1.165, 1.54) is 24.8 Å². The van der Waals surface area contributed by atoms with E-state index in [2.05, 4.69) is 15.3 Å². The molecule has 0 bridgehead atoms. The first kappa shape index (κ1) is 22.8. The van der Waals surface area contributed by atoms with Crippen molar-refractivity contribution in [2.24, 2.45) is 4.99 Å². The lowest BCUT2D eigenvalue weighted by Crippen LogP contribution is -2.23. The number of anilines is 2. The second-order valence-electron chi connectivity index (χ2n) is 7.28. The van der Waals surface area contributed by atoms with Crippen LogP contribution in [-0.4, -0.2) is 22.0 Å². The van der Waals surface area contributed by atoms with Gasteiger partial charge in [-0.05, 0) is 55.4 Å². The number of thiazole rings is 1. The average molecular weight is 485 g/mol. The summed E-state index contributed by atoms with van der Waals surface area (Å²) in [6.45, 7) is 5.21. The maximum Gasteiger partial charge on any atom is 0.264 e. The number of nitrogens with zero attached hydrogens (tertiary/aromatic N) is 3. The topological polar surface area (TPSA) is 74.7 Å². The zero-order valence-electron chi connectivity index (χ0n) is 17.8. The van der Waals surface area contributed by atoms with Gasteiger partial charge in [-0.25, -0.2) is 18.8 Å². The van der Waals surface area contributed by atoms with Crippen LogP contribution in [0.15, 0.2) is 51.7 Å². The van der Waals surface area contributed by atoms with Crippen LogP contribution in [0.4, 0.5) is 25.3 Å². The lowest BCUT2D eigenvalue weighted by molar-refractivity contribution is -0.116. The second-order valence-corrected chi connectivity index (χ2v) is 9.14. The molecule has 1 fully saturated rings. The SMILES string of the molecule is CC(=O)N(c1nc(/C=C2\SC(=Nc3ccc(C)cc3C)NC2=O)cs1)c1ccc(F)cc1F. The highest BCUT2D eigenvalue weighted by Gasteiger charge is 2.25. The van der Waals surface area contributed by atoms with Crippen LogP contribution in [0, 0.1) is 25.5 Å². The largest absolute Gasteiger partial charge is 0.300 e. The number of carbonyl (C=O) groups excluding carboxylic acids is 2. The Morgan fingerprint density at radius 3 is 2.67 bits per heavy atom. The summed E-state index contributed by atoms with van der Waals surface area (Å²) in [4.78, 5) is 34.9. The Morgan fingerprint density at radius 1 is 1.18 bits per heavy atom. The average Bonchev–Trinajstić information content (AvgIpc) is 3.32. The molecule has 0 saturated carbocycles. The number of halogens is 2. The standard InChI is InChI=1S/C23H18F2N4O2S2/c1-12-4-6-18(13(2)8-12)27-22-28-21(31)20(33-22)10-16-11-32-23(26-16)29(14(3)30)19-7-5-15(24)9-17(19)25/h4-11H,1-3H3,(H,27,28,31)/b20-10-. The molecule has 1 aromatic heterocycles. The van der Waals surface area contributed by atoms with Crippen LogP contribution in [0.5, 0.6) is 0 Å². The van der Waals surface area contributed by atoms with E-state index in [0.29, 0.717) is 21.8 Å². The van der Waals surface area contributed by atoms with Crippen molar-refractivity contribution < 1.29 is 18.4 Å². The minimum Gasteiger partial charge on any atom is -0.300 e. The van der Waals surface area contributed by atoms with Crippen LogP contribution in [0.1, 0.15) is 23.7 Å². The van der Waals surface area contributed by atoms with Crippen molar-refractivity contribution in [3.8, 4) is 0 Å². The van der Waals surface area contributed by atoms with Crippen molar-refractivity contribution >= 4 is 62.7 Å². The Morgan fingerprint density at radius 2 is 1.97 bits per heavy atom. The van der Waals surface area contributed by atoms with Crippen molar-refractivity contribution in [1.82, 2.24) is 10.3 Å². The molecule has 33 heavy (non-hydrogen) atoms. The molecule has 2 aromatic carbocycles. The van der Waals surface area contributed by atoms with Gasteiger partial charge in [-0.3, -0.25) is 14.5 Å². The molecule has 1 aliphatic heterocycles. The molecule has 1 saturated heterocycles. The highest BCUT2D eigenvalue weighted by atomic mass is 32.2. The van der Waals surface area contributed by atoms with Crippen LogP contribution in [0.3, 0.4) is 0 Å². The first-order valence-electron chi connectivity index (χ1n) is 9.79. The van der Waals surface area contributed by atoms with E-state index in [1.807, 2.05) is 32.0 Å². The summed E-state index contributed by atoms with van der Waals surface area (Å²) < 4.78 is 27.5. The molecular formula is C23H18F2N4O2S2. The highest BCUT2D eigenvalue weighted by molar-refractivity contribution is 8.18. The molecule has 0 atom stereocenters. The van der Waals surface area contributed by atoms with Gasteiger partial charge in [-0.1, -0.05) is 17.7 Å². The van der Waals surface area contributed by atoms with E-state index in [-0.39, 0.29) is 16.7 Å². The van der Waals surface area contributed by atoms with Crippen molar-refractivity contribution in [3.05, 3.63) is 75.1 Å². The minimum absolute atomic E-state index is 0.103. The summed E-state index contributed by atoms with van der Waals surface area (Å²) in [5.41, 5.74) is 3.21. The Hall–Kier alpha value is -3.37. The molecule has 1 N–H and O–H groups in total. The van der Waals surface area contributed by atoms with Gasteiger partial charge in [-0.2, -0.15) is 0 Å². The molecule has 168 valence electrons. The smallest absolute Gasteiger partial charge is 0.264 e. The maximum absolute atomic E-state index is 14.3. The van der Waals surface area contributed by atoms with Gasteiger partial charge in [0.05, 0.1) is 22.0 Å². The molecule has 4 rings (SSSR count). The van der Waals surface area contributed by atoms with E-state index in [0.717, 1.165) is 39.1 Å². The van der Waals surface area contributed by atoms with Crippen LogP contribution >= 0.6 is 23.1 Å². The highest BCUT2D eigenvalue weighted by Crippen LogP contribution is 2.34. The molecular weight excluding hydrogens is 466 g/mol. The van der Waals surface area contributed by atoms with Gasteiger partial charge in [0, 0.05) is 18.4 Å². The number of carbonyl (C=O) groups is 2. The number of benzene rings is 2. The number of thioether (sulfide) groups is 1. The maximum atomic E-state index is 14.3. The molecule has 10 heteroatoms. The number of amides is 2. The van der Waals surface area contributed by atoms with Crippen LogP contribution in [-0.2, 0) is 9.59 Å². The van der Waals surface area contributed by atoms with Gasteiger partial charge in [0.2, 0.25) is 5.91 Å². The van der Waals surface area contributed by atoms with E-state index in [1.54, 1.807) is 11.5 Å². The predicted octanol–water partition coefficient (Wildman–Crippen LogP) is 5.61. The third kappa shape index (κ3) is 5.01. The summed E-state index contributed by atoms with van der Waals surface area (Å²) >= 11 is 2.28. The number of aryl methyl sites for hydroxylation is 2. The molecule has 0 radical (unpaired) electrons. The number of nitrogens with one attached hydrogen (secondary N) is 1. The molecule has 6 nitrogen and oxygen atoms in total. The molecule has 0 spiro atoms. The predicted molar refractivity (Wildman–Crippen MR) is 128 cm³/mol. The quantitative estimate of drug-likeness (QED) is 0.488. The van der Waals surface area contributed by atoms with Gasteiger partial charge < -0.3 is 5.32 Å². The number of amidine groups is 1. The molecule has 1 aliphatic rings. The van der Waals surface area contributed by atoms with Crippen molar-refractivity contribution in [2.75, 3.05) is 4.90 Å². The zero-order chi connectivity index (χ0) is 23.7. The van der Waals surface area contributed by atoms with E-state index in [9.17, 15) is 18.4 Å². The molecule has 0 unspecified atom stereocenters. The van der Waals surface area contributed by atoms with Crippen LogP contribution < -0.4 is 10.2 Å². The Balaban J connectivity index is 1.59. The third-order valence-electron chi connectivity index (χ3n) is 4.67. The fraction of sp³-hybridized carbons (Fsp3) is 0.130. The minimum atomic E-state index is -0.877. The van der Waals surface area contributed by atoms with E-state index in [4.69, 9.17) is 0 Å². The zero-order valence-corrected chi connectivity index (χ0v) is 19.5. The molecule has 2 heterocycles. The van der Waals surface area contributed by atoms with Gasteiger partial charge >= 0.3 is 0 Å². The lowest BCUT2D eigenvalue weighted by atomic mass is 10.1. The van der Waals surface area contributed by atoms with Gasteiger partial charge in [0.15, 0.2) is 10.3 Å². The lowest BCUT2D eigenvalue weighted by Gasteiger charge is -2.18. The molecule has 3 aromatic rings. The number of aliphatic imine (C=N–C) groups is 1. The van der Waals surface area contributed by atoms with Crippen LogP contribution in [0.2, 0.25) is 0 Å². The summed E-state index contributed by atoms with van der Waals surface area (Å²) in [5.74, 6) is -2.42. The Labute approximate surface area is 197 Å².